The van der Waals surface area contributed by atoms with Gasteiger partial charge in [0.15, 0.2) is 0 Å². The highest BCUT2D eigenvalue weighted by molar-refractivity contribution is 5.95. The lowest BCUT2D eigenvalue weighted by Crippen LogP contribution is -2.39. The molecule has 3 rings (SSSR count). The van der Waals surface area contributed by atoms with Crippen molar-refractivity contribution in [2.75, 3.05) is 37.6 Å². The Hall–Kier alpha value is -2.08. The molecule has 0 atom stereocenters. The third-order valence-corrected chi connectivity index (χ3v) is 5.95. The van der Waals surface area contributed by atoms with Gasteiger partial charge in [-0.15, -0.1) is 0 Å². The molecular weight excluding hydrogens is 328 g/mol. The van der Waals surface area contributed by atoms with Gasteiger partial charge in [-0.1, -0.05) is 0 Å². The zero-order chi connectivity index (χ0) is 18.5. The largest absolute Gasteiger partial charge is 0.481 e. The Morgan fingerprint density at radius 2 is 1.69 bits per heavy atom. The molecule has 0 unspecified atom stereocenters. The van der Waals surface area contributed by atoms with Crippen LogP contribution in [-0.4, -0.2) is 54.5 Å². The van der Waals surface area contributed by atoms with Crippen LogP contribution in [0.2, 0.25) is 0 Å². The fraction of sp³-hybridized carbons (Fsp3) is 0.600. The Morgan fingerprint density at radius 1 is 1.08 bits per heavy atom. The van der Waals surface area contributed by atoms with E-state index >= 15 is 0 Å². The molecule has 2 saturated heterocycles. The second-order valence-electron chi connectivity index (χ2n) is 7.63. The van der Waals surface area contributed by atoms with Crippen molar-refractivity contribution >= 4 is 17.5 Å². The average Bonchev–Trinajstić information content (AvgIpc) is 2.67. The zero-order valence-electron chi connectivity index (χ0n) is 15.4. The molecule has 0 saturated carbocycles. The zero-order valence-corrected chi connectivity index (χ0v) is 15.4. The molecule has 2 aliphatic heterocycles. The normalized spacial score (nSPS) is 20.2. The number of carboxylic acids is 1. The van der Waals surface area contributed by atoms with Gasteiger partial charge < -0.3 is 20.6 Å². The number of carbonyl (C=O) groups is 1. The number of hydrogen-bond donors (Lipinski definition) is 3. The van der Waals surface area contributed by atoms with Crippen molar-refractivity contribution < 1.29 is 9.90 Å². The molecule has 0 spiro atoms. The van der Waals surface area contributed by atoms with E-state index in [1.54, 1.807) is 0 Å². The van der Waals surface area contributed by atoms with E-state index in [1.165, 1.54) is 24.9 Å². The fourth-order valence-electron chi connectivity index (χ4n) is 4.10. The number of nitrogens with zero attached hydrogens (tertiary/aromatic N) is 2. The Kier molecular flexibility index (Phi) is 6.14. The molecule has 142 valence electrons. The number of hydrogen-bond acceptors (Lipinski definition) is 4. The Balaban J connectivity index is 1.39. The molecule has 0 aliphatic carbocycles. The third-order valence-electron chi connectivity index (χ3n) is 5.95. The van der Waals surface area contributed by atoms with Crippen molar-refractivity contribution in [2.24, 2.45) is 17.6 Å². The highest BCUT2D eigenvalue weighted by Crippen LogP contribution is 2.26. The van der Waals surface area contributed by atoms with E-state index in [2.05, 4.69) is 21.9 Å². The van der Waals surface area contributed by atoms with Gasteiger partial charge in [0.25, 0.3) is 0 Å². The van der Waals surface area contributed by atoms with Gasteiger partial charge in [-0.2, -0.15) is 0 Å². The van der Waals surface area contributed by atoms with Gasteiger partial charge in [-0.05, 0) is 81.9 Å². The second kappa shape index (κ2) is 8.54. The molecule has 2 heterocycles. The number of piperidine rings is 2. The SMILES string of the molecule is N=C(N)c1ccc(N2CCC(CCN3CCC(C(=O)O)CC3)CC2)cc1. The maximum Gasteiger partial charge on any atom is 0.306 e. The summed E-state index contributed by atoms with van der Waals surface area (Å²) in [6.07, 6.45) is 5.23. The third kappa shape index (κ3) is 4.75. The molecular formula is C20H30N4O2. The summed E-state index contributed by atoms with van der Waals surface area (Å²) in [6.45, 7) is 5.11. The number of likely N-dealkylation sites (tertiary alicyclic amines) is 1. The molecule has 26 heavy (non-hydrogen) atoms. The van der Waals surface area contributed by atoms with Crippen LogP contribution in [0.4, 0.5) is 5.69 Å². The smallest absolute Gasteiger partial charge is 0.306 e. The number of benzene rings is 1. The molecule has 4 N–H and O–H groups in total. The van der Waals surface area contributed by atoms with Crippen LogP contribution in [0.3, 0.4) is 0 Å². The predicted octanol–water partition coefficient (Wildman–Crippen LogP) is 2.37. The van der Waals surface area contributed by atoms with Crippen molar-refractivity contribution in [1.29, 1.82) is 5.41 Å². The van der Waals surface area contributed by atoms with E-state index in [-0.39, 0.29) is 11.8 Å². The van der Waals surface area contributed by atoms with Crippen LogP contribution in [0, 0.1) is 17.2 Å². The van der Waals surface area contributed by atoms with Gasteiger partial charge in [0.2, 0.25) is 0 Å². The van der Waals surface area contributed by atoms with Crippen molar-refractivity contribution in [2.45, 2.75) is 32.1 Å². The first-order chi connectivity index (χ1) is 12.5. The number of anilines is 1. The lowest BCUT2D eigenvalue weighted by Gasteiger charge is -2.35. The molecule has 1 aromatic carbocycles. The van der Waals surface area contributed by atoms with Gasteiger partial charge in [0.05, 0.1) is 5.92 Å². The highest BCUT2D eigenvalue weighted by Gasteiger charge is 2.25. The topological polar surface area (TPSA) is 93.7 Å². The summed E-state index contributed by atoms with van der Waals surface area (Å²) in [5.74, 6) is 0.111. The van der Waals surface area contributed by atoms with Crippen molar-refractivity contribution in [3.05, 3.63) is 29.8 Å². The van der Waals surface area contributed by atoms with E-state index in [0.717, 1.165) is 57.0 Å². The number of carboxylic acid groups (broad SMARTS) is 1. The van der Waals surface area contributed by atoms with Crippen LogP contribution in [0.25, 0.3) is 0 Å². The average molecular weight is 358 g/mol. The van der Waals surface area contributed by atoms with Crippen LogP contribution >= 0.6 is 0 Å². The summed E-state index contributed by atoms with van der Waals surface area (Å²) in [6, 6.07) is 7.96. The second-order valence-corrected chi connectivity index (χ2v) is 7.63. The number of nitrogens with two attached hydrogens (primary N) is 1. The molecule has 1 aromatic rings. The van der Waals surface area contributed by atoms with Gasteiger partial charge in [0, 0.05) is 24.3 Å². The minimum atomic E-state index is -0.631. The first-order valence-electron chi connectivity index (χ1n) is 9.67. The van der Waals surface area contributed by atoms with Crippen molar-refractivity contribution in [1.82, 2.24) is 4.90 Å². The Labute approximate surface area is 155 Å². The number of aliphatic carboxylic acids is 1. The monoisotopic (exact) mass is 358 g/mol. The quantitative estimate of drug-likeness (QED) is 0.536. The maximum absolute atomic E-state index is 11.0. The van der Waals surface area contributed by atoms with E-state index < -0.39 is 5.97 Å². The number of amidine groups is 1. The van der Waals surface area contributed by atoms with Crippen LogP contribution in [0.1, 0.15) is 37.7 Å². The molecule has 0 bridgehead atoms. The molecule has 0 aromatic heterocycles. The Morgan fingerprint density at radius 3 is 2.23 bits per heavy atom. The Bertz CT molecular complexity index is 615. The first-order valence-corrected chi connectivity index (χ1v) is 9.67. The van der Waals surface area contributed by atoms with Gasteiger partial charge >= 0.3 is 5.97 Å². The standard InChI is InChI=1S/C20H30N4O2/c21-19(22)16-1-3-18(4-2-16)24-13-6-15(7-14-24)5-10-23-11-8-17(9-12-23)20(25)26/h1-4,15,17H,5-14H2,(H3,21,22)(H,25,26). The van der Waals surface area contributed by atoms with Crippen molar-refractivity contribution in [3.8, 4) is 0 Å². The van der Waals surface area contributed by atoms with Gasteiger partial charge in [-0.3, -0.25) is 10.2 Å². The molecule has 6 heteroatoms. The maximum atomic E-state index is 11.0. The van der Waals surface area contributed by atoms with Crippen LogP contribution in [0.5, 0.6) is 0 Å². The molecule has 6 nitrogen and oxygen atoms in total. The lowest BCUT2D eigenvalue weighted by molar-refractivity contribution is -0.143. The van der Waals surface area contributed by atoms with E-state index in [1.807, 2.05) is 12.1 Å². The summed E-state index contributed by atoms with van der Waals surface area (Å²) in [7, 11) is 0. The number of nitrogen functional groups attached to an aromatic ring is 1. The summed E-state index contributed by atoms with van der Waals surface area (Å²) in [5, 5.41) is 16.5. The van der Waals surface area contributed by atoms with Crippen LogP contribution in [0.15, 0.2) is 24.3 Å². The van der Waals surface area contributed by atoms with E-state index in [9.17, 15) is 4.79 Å². The first kappa shape index (κ1) is 18.7. The molecule has 0 amide bonds. The summed E-state index contributed by atoms with van der Waals surface area (Å²) < 4.78 is 0. The minimum absolute atomic E-state index is 0.114. The predicted molar refractivity (Wildman–Crippen MR) is 104 cm³/mol. The van der Waals surface area contributed by atoms with Crippen molar-refractivity contribution in [3.63, 3.8) is 0 Å². The van der Waals surface area contributed by atoms with E-state index in [4.69, 9.17) is 16.2 Å². The summed E-state index contributed by atoms with van der Waals surface area (Å²) in [5.41, 5.74) is 7.50. The molecule has 0 radical (unpaired) electrons. The van der Waals surface area contributed by atoms with Gasteiger partial charge in [-0.25, -0.2) is 0 Å². The fourth-order valence-corrected chi connectivity index (χ4v) is 4.10. The lowest BCUT2D eigenvalue weighted by atomic mass is 9.92. The molecule has 2 aliphatic rings. The minimum Gasteiger partial charge on any atom is -0.481 e. The van der Waals surface area contributed by atoms with Crippen LogP contribution in [-0.2, 0) is 4.79 Å². The van der Waals surface area contributed by atoms with E-state index in [0.29, 0.717) is 0 Å². The molecule has 2 fully saturated rings. The highest BCUT2D eigenvalue weighted by atomic mass is 16.4. The number of nitrogens with one attached hydrogen (secondary N) is 1. The summed E-state index contributed by atoms with van der Waals surface area (Å²) >= 11 is 0. The summed E-state index contributed by atoms with van der Waals surface area (Å²) in [4.78, 5) is 15.9. The number of rotatable bonds is 6. The van der Waals surface area contributed by atoms with Gasteiger partial charge in [0.1, 0.15) is 5.84 Å². The van der Waals surface area contributed by atoms with Crippen LogP contribution < -0.4 is 10.6 Å².